The minimum absolute atomic E-state index is 0.935. The van der Waals surface area contributed by atoms with Crippen LogP contribution in [-0.4, -0.2) is 6.71 Å². The second-order valence-corrected chi connectivity index (χ2v) is 5.36. The highest BCUT2D eigenvalue weighted by molar-refractivity contribution is 6.60. The molecule has 12 heavy (non-hydrogen) atoms. The summed E-state index contributed by atoms with van der Waals surface area (Å²) in [5, 5.41) is 0. The predicted molar refractivity (Wildman–Crippen MR) is 55.9 cm³/mol. The van der Waals surface area contributed by atoms with Gasteiger partial charge < -0.3 is 0 Å². The van der Waals surface area contributed by atoms with Crippen molar-refractivity contribution < 1.29 is 0 Å². The molecule has 2 bridgehead atoms. The molecule has 1 saturated heterocycles. The molecule has 1 saturated carbocycles. The Bertz CT molecular complexity index is 153. The van der Waals surface area contributed by atoms with Crippen LogP contribution >= 0.6 is 0 Å². The maximum Gasteiger partial charge on any atom is 0.142 e. The van der Waals surface area contributed by atoms with Crippen molar-refractivity contribution in [2.75, 3.05) is 0 Å². The van der Waals surface area contributed by atoms with Crippen molar-refractivity contribution in [1.29, 1.82) is 0 Å². The largest absolute Gasteiger partial charge is 0.142 e. The van der Waals surface area contributed by atoms with Crippen molar-refractivity contribution >= 4 is 6.71 Å². The van der Waals surface area contributed by atoms with Gasteiger partial charge in [0.25, 0.3) is 0 Å². The van der Waals surface area contributed by atoms with Crippen LogP contribution in [0.5, 0.6) is 0 Å². The quantitative estimate of drug-likeness (QED) is 0.518. The highest BCUT2D eigenvalue weighted by Crippen LogP contribution is 2.42. The third kappa shape index (κ3) is 1.70. The zero-order valence-electron chi connectivity index (χ0n) is 8.55. The van der Waals surface area contributed by atoms with E-state index in [0.717, 1.165) is 24.4 Å². The van der Waals surface area contributed by atoms with Gasteiger partial charge in [0.2, 0.25) is 0 Å². The van der Waals surface area contributed by atoms with Gasteiger partial charge in [-0.1, -0.05) is 51.6 Å². The molecule has 2 atom stereocenters. The van der Waals surface area contributed by atoms with Crippen molar-refractivity contribution in [3.63, 3.8) is 0 Å². The predicted octanol–water partition coefficient (Wildman–Crippen LogP) is 3.71. The molecule has 1 aliphatic heterocycles. The van der Waals surface area contributed by atoms with Gasteiger partial charge in [-0.15, -0.1) is 0 Å². The summed E-state index contributed by atoms with van der Waals surface area (Å²) in [7, 11) is 0. The molecule has 0 aromatic heterocycles. The fourth-order valence-electron chi connectivity index (χ4n) is 3.26. The molecule has 0 amide bonds. The fourth-order valence-corrected chi connectivity index (χ4v) is 3.26. The van der Waals surface area contributed by atoms with Crippen LogP contribution in [0.1, 0.15) is 39.5 Å². The highest BCUT2D eigenvalue weighted by atomic mass is 14.3. The lowest BCUT2D eigenvalue weighted by Crippen LogP contribution is -2.18. The molecule has 1 heteroatoms. The normalized spacial score (nSPS) is 35.8. The van der Waals surface area contributed by atoms with Crippen LogP contribution in [-0.2, 0) is 0 Å². The van der Waals surface area contributed by atoms with E-state index in [1.54, 1.807) is 32.0 Å². The average Bonchev–Trinajstić information content (AvgIpc) is 2.29. The van der Waals surface area contributed by atoms with Crippen LogP contribution in [0.2, 0.25) is 18.5 Å². The molecule has 2 unspecified atom stereocenters. The zero-order valence-corrected chi connectivity index (χ0v) is 8.55. The second-order valence-electron chi connectivity index (χ2n) is 5.36. The summed E-state index contributed by atoms with van der Waals surface area (Å²) < 4.78 is 0. The van der Waals surface area contributed by atoms with Crippen LogP contribution in [0, 0.1) is 11.8 Å². The molecular formula is C11H21B. The Morgan fingerprint density at radius 3 is 2.58 bits per heavy atom. The molecule has 2 fully saturated rings. The third-order valence-electron chi connectivity index (χ3n) is 4.17. The van der Waals surface area contributed by atoms with E-state index in [4.69, 9.17) is 0 Å². The Morgan fingerprint density at radius 2 is 1.83 bits per heavy atom. The Labute approximate surface area is 77.2 Å². The van der Waals surface area contributed by atoms with Gasteiger partial charge in [0.1, 0.15) is 6.71 Å². The van der Waals surface area contributed by atoms with E-state index in [1.807, 2.05) is 0 Å². The topological polar surface area (TPSA) is 0 Å². The van der Waals surface area contributed by atoms with Gasteiger partial charge in [-0.25, -0.2) is 0 Å². The first kappa shape index (κ1) is 8.65. The van der Waals surface area contributed by atoms with E-state index in [9.17, 15) is 0 Å². The molecule has 0 aromatic rings. The van der Waals surface area contributed by atoms with Gasteiger partial charge >= 0.3 is 0 Å². The van der Waals surface area contributed by atoms with Crippen molar-refractivity contribution in [3.05, 3.63) is 0 Å². The van der Waals surface area contributed by atoms with Gasteiger partial charge in [-0.2, -0.15) is 0 Å². The molecule has 68 valence electrons. The van der Waals surface area contributed by atoms with Crippen LogP contribution in [0.25, 0.3) is 0 Å². The minimum Gasteiger partial charge on any atom is -0.0737 e. The average molecular weight is 164 g/mol. The minimum atomic E-state index is 0.935. The molecule has 0 spiro atoms. The standard InChI is InChI=1S/C11H21B/c1-9(2)12-6-5-10-3-4-11(7-10)8-12/h9-11H,3-8H2,1-2H3. The molecule has 2 rings (SSSR count). The SMILES string of the molecule is CC(C)B1CCC2CCC(C1)C2. The summed E-state index contributed by atoms with van der Waals surface area (Å²) in [6.45, 7) is 5.87. The molecular weight excluding hydrogens is 143 g/mol. The van der Waals surface area contributed by atoms with Crippen molar-refractivity contribution in [2.45, 2.75) is 58.0 Å². The molecule has 0 N–H and O–H groups in total. The fraction of sp³-hybridized carbons (Fsp3) is 1.00. The summed E-state index contributed by atoms with van der Waals surface area (Å²) >= 11 is 0. The summed E-state index contributed by atoms with van der Waals surface area (Å²) in [6.07, 6.45) is 9.29. The van der Waals surface area contributed by atoms with E-state index in [0.29, 0.717) is 0 Å². The summed E-state index contributed by atoms with van der Waals surface area (Å²) in [6, 6.07) is 0. The van der Waals surface area contributed by atoms with Crippen molar-refractivity contribution in [2.24, 2.45) is 11.8 Å². The first-order valence-corrected chi connectivity index (χ1v) is 5.75. The molecule has 0 aromatic carbocycles. The summed E-state index contributed by atoms with van der Waals surface area (Å²) in [4.78, 5) is 0. The number of fused-ring (bicyclic) bond motifs is 2. The van der Waals surface area contributed by atoms with Gasteiger partial charge in [0.15, 0.2) is 0 Å². The zero-order chi connectivity index (χ0) is 8.55. The van der Waals surface area contributed by atoms with Crippen LogP contribution in [0.15, 0.2) is 0 Å². The van der Waals surface area contributed by atoms with Gasteiger partial charge in [-0.3, -0.25) is 0 Å². The number of rotatable bonds is 1. The number of hydrogen-bond acceptors (Lipinski definition) is 0. The first-order valence-electron chi connectivity index (χ1n) is 5.75. The third-order valence-corrected chi connectivity index (χ3v) is 4.17. The van der Waals surface area contributed by atoms with Crippen LogP contribution < -0.4 is 0 Å². The second kappa shape index (κ2) is 3.43. The summed E-state index contributed by atoms with van der Waals surface area (Å²) in [5.74, 6) is 3.17. The smallest absolute Gasteiger partial charge is 0.0737 e. The van der Waals surface area contributed by atoms with Crippen molar-refractivity contribution in [1.82, 2.24) is 0 Å². The lowest BCUT2D eigenvalue weighted by atomic mass is 9.36. The lowest BCUT2D eigenvalue weighted by molar-refractivity contribution is 0.513. The monoisotopic (exact) mass is 164 g/mol. The highest BCUT2D eigenvalue weighted by Gasteiger charge is 2.33. The van der Waals surface area contributed by atoms with Crippen LogP contribution in [0.4, 0.5) is 0 Å². The number of hydrogen-bond donors (Lipinski definition) is 0. The Kier molecular flexibility index (Phi) is 2.48. The Morgan fingerprint density at radius 1 is 1.08 bits per heavy atom. The Hall–Kier alpha value is 0.0649. The molecule has 0 nitrogen and oxygen atoms in total. The maximum absolute atomic E-state index is 2.41. The van der Waals surface area contributed by atoms with Crippen LogP contribution in [0.3, 0.4) is 0 Å². The molecule has 1 heterocycles. The maximum atomic E-state index is 2.41. The van der Waals surface area contributed by atoms with E-state index >= 15 is 0 Å². The van der Waals surface area contributed by atoms with Crippen molar-refractivity contribution in [3.8, 4) is 0 Å². The lowest BCUT2D eigenvalue weighted by Gasteiger charge is -2.19. The van der Waals surface area contributed by atoms with Gasteiger partial charge in [0, 0.05) is 0 Å². The molecule has 2 aliphatic rings. The molecule has 1 aliphatic carbocycles. The summed E-state index contributed by atoms with van der Waals surface area (Å²) in [5.41, 5.74) is 0. The van der Waals surface area contributed by atoms with E-state index in [-0.39, 0.29) is 0 Å². The Balaban J connectivity index is 1.96. The van der Waals surface area contributed by atoms with E-state index in [1.165, 1.54) is 6.32 Å². The first-order chi connectivity index (χ1) is 5.75. The van der Waals surface area contributed by atoms with Gasteiger partial charge in [0.05, 0.1) is 0 Å². The molecule has 0 radical (unpaired) electrons. The van der Waals surface area contributed by atoms with Gasteiger partial charge in [-0.05, 0) is 18.3 Å². The van der Waals surface area contributed by atoms with E-state index < -0.39 is 0 Å². The van der Waals surface area contributed by atoms with E-state index in [2.05, 4.69) is 13.8 Å².